The first-order valence-electron chi connectivity index (χ1n) is 5.38. The Morgan fingerprint density at radius 3 is 2.53 bits per heavy atom. The highest BCUT2D eigenvalue weighted by Gasteiger charge is 2.04. The van der Waals surface area contributed by atoms with Crippen LogP contribution in [0.2, 0.25) is 0 Å². The Morgan fingerprint density at radius 2 is 1.88 bits per heavy atom. The van der Waals surface area contributed by atoms with Crippen LogP contribution in [-0.4, -0.2) is 16.1 Å². The Balaban J connectivity index is 1.95. The van der Waals surface area contributed by atoms with Gasteiger partial charge in [0.2, 0.25) is 0 Å². The van der Waals surface area contributed by atoms with Crippen molar-refractivity contribution in [3.63, 3.8) is 0 Å². The predicted molar refractivity (Wildman–Crippen MR) is 64.4 cm³/mol. The first-order valence-corrected chi connectivity index (χ1v) is 5.38. The summed E-state index contributed by atoms with van der Waals surface area (Å²) in [6.07, 6.45) is 0. The van der Waals surface area contributed by atoms with Gasteiger partial charge < -0.3 is 5.32 Å². The largest absolute Gasteiger partial charge is 0.346 e. The highest BCUT2D eigenvalue weighted by molar-refractivity contribution is 5.93. The Bertz CT molecular complexity index is 494. The van der Waals surface area contributed by atoms with Crippen molar-refractivity contribution < 1.29 is 4.79 Å². The van der Waals surface area contributed by atoms with Gasteiger partial charge in [-0.2, -0.15) is 10.2 Å². The van der Waals surface area contributed by atoms with Gasteiger partial charge in [0.25, 0.3) is 5.91 Å². The smallest absolute Gasteiger partial charge is 0.251 e. The van der Waals surface area contributed by atoms with Crippen molar-refractivity contribution in [2.24, 2.45) is 0 Å². The van der Waals surface area contributed by atoms with Gasteiger partial charge in [-0.15, -0.1) is 0 Å². The Kier molecular flexibility index (Phi) is 3.45. The molecule has 0 bridgehead atoms. The van der Waals surface area contributed by atoms with E-state index in [1.807, 2.05) is 37.3 Å². The summed E-state index contributed by atoms with van der Waals surface area (Å²) >= 11 is 0. The van der Waals surface area contributed by atoms with Crippen molar-refractivity contribution in [2.45, 2.75) is 13.5 Å². The van der Waals surface area contributed by atoms with E-state index in [9.17, 15) is 4.79 Å². The Morgan fingerprint density at radius 1 is 1.12 bits per heavy atom. The second-order valence-electron chi connectivity index (χ2n) is 3.71. The molecule has 0 aliphatic heterocycles. The third kappa shape index (κ3) is 3.11. The first-order chi connectivity index (χ1) is 8.25. The molecule has 1 aromatic heterocycles. The zero-order valence-electron chi connectivity index (χ0n) is 9.55. The molecule has 0 radical (unpaired) electrons. The van der Waals surface area contributed by atoms with Crippen LogP contribution in [0.25, 0.3) is 0 Å². The van der Waals surface area contributed by atoms with Crippen LogP contribution in [0.5, 0.6) is 0 Å². The quantitative estimate of drug-likeness (QED) is 0.868. The maximum atomic E-state index is 11.7. The van der Waals surface area contributed by atoms with Gasteiger partial charge in [-0.1, -0.05) is 18.2 Å². The number of carbonyl (C=O) groups is 1. The van der Waals surface area contributed by atoms with Gasteiger partial charge in [0.15, 0.2) is 0 Å². The molecule has 0 saturated carbocycles. The number of amides is 1. The molecule has 4 nitrogen and oxygen atoms in total. The van der Waals surface area contributed by atoms with E-state index >= 15 is 0 Å². The molecule has 0 aliphatic rings. The molecule has 0 unspecified atom stereocenters. The summed E-state index contributed by atoms with van der Waals surface area (Å²) in [4.78, 5) is 11.7. The molecular formula is C13H13N3O. The fourth-order valence-electron chi connectivity index (χ4n) is 1.38. The zero-order valence-corrected chi connectivity index (χ0v) is 9.55. The molecule has 17 heavy (non-hydrogen) atoms. The predicted octanol–water partition coefficient (Wildman–Crippen LogP) is 1.72. The normalized spacial score (nSPS) is 9.94. The lowest BCUT2D eigenvalue weighted by molar-refractivity contribution is 0.0950. The molecule has 1 aromatic carbocycles. The van der Waals surface area contributed by atoms with E-state index in [-0.39, 0.29) is 5.91 Å². The minimum atomic E-state index is -0.104. The molecule has 86 valence electrons. The average molecular weight is 227 g/mol. The second kappa shape index (κ2) is 5.21. The average Bonchev–Trinajstić information content (AvgIpc) is 2.39. The van der Waals surface area contributed by atoms with Crippen molar-refractivity contribution >= 4 is 5.91 Å². The molecule has 0 saturated heterocycles. The lowest BCUT2D eigenvalue weighted by atomic mass is 10.2. The van der Waals surface area contributed by atoms with Crippen LogP contribution >= 0.6 is 0 Å². The van der Waals surface area contributed by atoms with Crippen LogP contribution in [0, 0.1) is 6.92 Å². The van der Waals surface area contributed by atoms with Crippen molar-refractivity contribution in [3.8, 4) is 0 Å². The van der Waals surface area contributed by atoms with E-state index < -0.39 is 0 Å². The summed E-state index contributed by atoms with van der Waals surface area (Å²) < 4.78 is 0. The molecule has 1 heterocycles. The maximum Gasteiger partial charge on any atom is 0.251 e. The van der Waals surface area contributed by atoms with Crippen LogP contribution in [0.4, 0.5) is 0 Å². The number of aryl methyl sites for hydroxylation is 1. The molecule has 4 heteroatoms. The topological polar surface area (TPSA) is 54.9 Å². The van der Waals surface area contributed by atoms with E-state index in [1.54, 1.807) is 12.1 Å². The van der Waals surface area contributed by atoms with Crippen LogP contribution in [0.15, 0.2) is 42.5 Å². The minimum absolute atomic E-state index is 0.104. The number of rotatable bonds is 3. The molecule has 0 spiro atoms. The van der Waals surface area contributed by atoms with E-state index in [0.717, 1.165) is 11.4 Å². The number of aromatic nitrogens is 2. The Hall–Kier alpha value is -2.23. The van der Waals surface area contributed by atoms with Gasteiger partial charge >= 0.3 is 0 Å². The van der Waals surface area contributed by atoms with Crippen LogP contribution in [0.1, 0.15) is 21.7 Å². The van der Waals surface area contributed by atoms with Crippen LogP contribution in [-0.2, 0) is 6.54 Å². The lowest BCUT2D eigenvalue weighted by Gasteiger charge is -2.04. The van der Waals surface area contributed by atoms with Gasteiger partial charge in [0, 0.05) is 5.56 Å². The summed E-state index contributed by atoms with van der Waals surface area (Å²) in [5, 5.41) is 10.7. The summed E-state index contributed by atoms with van der Waals surface area (Å²) in [7, 11) is 0. The van der Waals surface area contributed by atoms with Crippen molar-refractivity contribution in [2.75, 3.05) is 0 Å². The molecular weight excluding hydrogens is 214 g/mol. The molecule has 1 amide bonds. The molecule has 0 fully saturated rings. The second-order valence-corrected chi connectivity index (χ2v) is 3.71. The van der Waals surface area contributed by atoms with Gasteiger partial charge in [-0.05, 0) is 31.2 Å². The zero-order chi connectivity index (χ0) is 12.1. The standard InChI is InChI=1S/C13H13N3O/c1-10-7-8-12(16-15-10)9-14-13(17)11-5-3-2-4-6-11/h2-8H,9H2,1H3,(H,14,17). The number of nitrogens with one attached hydrogen (secondary N) is 1. The number of hydrogen-bond donors (Lipinski definition) is 1. The molecule has 2 aromatic rings. The lowest BCUT2D eigenvalue weighted by Crippen LogP contribution is -2.23. The molecule has 1 N–H and O–H groups in total. The van der Waals surface area contributed by atoms with Crippen LogP contribution < -0.4 is 5.32 Å². The summed E-state index contributed by atoms with van der Waals surface area (Å²) in [6.45, 7) is 2.26. The summed E-state index contributed by atoms with van der Waals surface area (Å²) in [6, 6.07) is 12.8. The monoisotopic (exact) mass is 227 g/mol. The van der Waals surface area contributed by atoms with E-state index in [2.05, 4.69) is 15.5 Å². The van der Waals surface area contributed by atoms with Gasteiger partial charge in [0.1, 0.15) is 0 Å². The molecule has 2 rings (SSSR count). The van der Waals surface area contributed by atoms with Crippen molar-refractivity contribution in [1.29, 1.82) is 0 Å². The highest BCUT2D eigenvalue weighted by atomic mass is 16.1. The summed E-state index contributed by atoms with van der Waals surface area (Å²) in [5.41, 5.74) is 2.26. The van der Waals surface area contributed by atoms with E-state index in [4.69, 9.17) is 0 Å². The highest BCUT2D eigenvalue weighted by Crippen LogP contribution is 1.99. The Labute approximate surface area is 99.7 Å². The van der Waals surface area contributed by atoms with E-state index in [1.165, 1.54) is 0 Å². The molecule has 0 aliphatic carbocycles. The fourth-order valence-corrected chi connectivity index (χ4v) is 1.38. The van der Waals surface area contributed by atoms with Gasteiger partial charge in [0.05, 0.1) is 17.9 Å². The van der Waals surface area contributed by atoms with Gasteiger partial charge in [-0.3, -0.25) is 4.79 Å². The fraction of sp³-hybridized carbons (Fsp3) is 0.154. The van der Waals surface area contributed by atoms with Gasteiger partial charge in [-0.25, -0.2) is 0 Å². The van der Waals surface area contributed by atoms with E-state index in [0.29, 0.717) is 12.1 Å². The molecule has 0 atom stereocenters. The minimum Gasteiger partial charge on any atom is -0.346 e. The number of benzene rings is 1. The SMILES string of the molecule is Cc1ccc(CNC(=O)c2ccccc2)nn1. The maximum absolute atomic E-state index is 11.7. The van der Waals surface area contributed by atoms with Crippen molar-refractivity contribution in [3.05, 3.63) is 59.4 Å². The first kappa shape index (κ1) is 11.3. The summed E-state index contributed by atoms with van der Waals surface area (Å²) in [5.74, 6) is -0.104. The number of nitrogens with zero attached hydrogens (tertiary/aromatic N) is 2. The number of carbonyl (C=O) groups excluding carboxylic acids is 1. The third-order valence-corrected chi connectivity index (χ3v) is 2.32. The van der Waals surface area contributed by atoms with Crippen molar-refractivity contribution in [1.82, 2.24) is 15.5 Å². The third-order valence-electron chi connectivity index (χ3n) is 2.32. The number of hydrogen-bond acceptors (Lipinski definition) is 3. The van der Waals surface area contributed by atoms with Crippen LogP contribution in [0.3, 0.4) is 0 Å².